The summed E-state index contributed by atoms with van der Waals surface area (Å²) in [5.41, 5.74) is 0.688. The topological polar surface area (TPSA) is 45.8 Å². The molecule has 1 aromatic heterocycles. The van der Waals surface area contributed by atoms with Gasteiger partial charge in [0, 0.05) is 11.9 Å². The lowest BCUT2D eigenvalue weighted by molar-refractivity contribution is 0.959. The van der Waals surface area contributed by atoms with Gasteiger partial charge in [-0.1, -0.05) is 6.92 Å². The van der Waals surface area contributed by atoms with Crippen LogP contribution in [0.5, 0.6) is 0 Å². The van der Waals surface area contributed by atoms with Gasteiger partial charge in [0.1, 0.15) is 0 Å². The molecule has 1 rings (SSSR count). The first kappa shape index (κ1) is 7.47. The van der Waals surface area contributed by atoms with Crippen molar-refractivity contribution in [2.75, 3.05) is 0 Å². The number of nitrogens with one attached hydrogen (secondary N) is 1. The van der Waals surface area contributed by atoms with Crippen LogP contribution in [-0.4, -0.2) is 9.97 Å². The van der Waals surface area contributed by atoms with Gasteiger partial charge in [-0.15, -0.1) is 0 Å². The molecule has 0 unspecified atom stereocenters. The summed E-state index contributed by atoms with van der Waals surface area (Å²) in [6, 6.07) is 0. The van der Waals surface area contributed by atoms with E-state index in [0.717, 1.165) is 12.1 Å². The molecule has 0 fully saturated rings. The highest BCUT2D eigenvalue weighted by Crippen LogP contribution is 1.96. The van der Waals surface area contributed by atoms with E-state index in [1.54, 1.807) is 6.20 Å². The SMILES string of the molecule is CCc1cnc(Br)c(=O)[nH]1. The van der Waals surface area contributed by atoms with E-state index in [-0.39, 0.29) is 5.56 Å². The Balaban J connectivity index is 3.17. The minimum Gasteiger partial charge on any atom is -0.322 e. The zero-order chi connectivity index (χ0) is 7.56. The van der Waals surface area contributed by atoms with Crippen molar-refractivity contribution in [1.29, 1.82) is 0 Å². The van der Waals surface area contributed by atoms with Crippen molar-refractivity contribution in [1.82, 2.24) is 9.97 Å². The van der Waals surface area contributed by atoms with Crippen LogP contribution in [0.3, 0.4) is 0 Å². The van der Waals surface area contributed by atoms with Gasteiger partial charge in [-0.3, -0.25) is 4.79 Å². The fourth-order valence-corrected chi connectivity index (χ4v) is 0.804. The predicted octanol–water partition coefficient (Wildman–Crippen LogP) is 1.09. The molecule has 1 N–H and O–H groups in total. The lowest BCUT2D eigenvalue weighted by Gasteiger charge is -1.93. The molecule has 0 aliphatic rings. The number of hydrogen-bond donors (Lipinski definition) is 1. The monoisotopic (exact) mass is 202 g/mol. The van der Waals surface area contributed by atoms with Gasteiger partial charge in [0.05, 0.1) is 0 Å². The molecule has 0 aliphatic heterocycles. The lowest BCUT2D eigenvalue weighted by atomic mass is 10.4. The number of aromatic amines is 1. The third-order valence-corrected chi connectivity index (χ3v) is 1.74. The minimum absolute atomic E-state index is 0.167. The molecule has 10 heavy (non-hydrogen) atoms. The zero-order valence-electron chi connectivity index (χ0n) is 5.52. The molecule has 0 amide bonds. The van der Waals surface area contributed by atoms with Crippen molar-refractivity contribution in [3.05, 3.63) is 26.8 Å². The number of hydrogen-bond acceptors (Lipinski definition) is 2. The number of rotatable bonds is 1. The summed E-state index contributed by atoms with van der Waals surface area (Å²) in [4.78, 5) is 17.3. The Morgan fingerprint density at radius 1 is 1.80 bits per heavy atom. The van der Waals surface area contributed by atoms with Crippen molar-refractivity contribution in [3.8, 4) is 0 Å². The number of aryl methyl sites for hydroxylation is 1. The van der Waals surface area contributed by atoms with E-state index in [1.165, 1.54) is 0 Å². The van der Waals surface area contributed by atoms with E-state index < -0.39 is 0 Å². The molecule has 0 aliphatic carbocycles. The fraction of sp³-hybridized carbons (Fsp3) is 0.333. The summed E-state index contributed by atoms with van der Waals surface area (Å²) < 4.78 is 0.338. The fourth-order valence-electron chi connectivity index (χ4n) is 0.603. The summed E-state index contributed by atoms with van der Waals surface area (Å²) in [7, 11) is 0. The quantitative estimate of drug-likeness (QED) is 0.742. The van der Waals surface area contributed by atoms with Crippen LogP contribution in [-0.2, 0) is 6.42 Å². The molecule has 4 heteroatoms. The van der Waals surface area contributed by atoms with Crippen molar-refractivity contribution < 1.29 is 0 Å². The second kappa shape index (κ2) is 2.96. The van der Waals surface area contributed by atoms with Crippen LogP contribution in [0.2, 0.25) is 0 Å². The van der Waals surface area contributed by atoms with E-state index in [2.05, 4.69) is 25.9 Å². The highest BCUT2D eigenvalue weighted by molar-refractivity contribution is 9.10. The van der Waals surface area contributed by atoms with Gasteiger partial charge >= 0.3 is 0 Å². The maximum atomic E-state index is 10.8. The highest BCUT2D eigenvalue weighted by atomic mass is 79.9. The van der Waals surface area contributed by atoms with Crippen LogP contribution in [0.15, 0.2) is 15.6 Å². The van der Waals surface area contributed by atoms with E-state index >= 15 is 0 Å². The second-order valence-corrected chi connectivity index (χ2v) is 2.63. The van der Waals surface area contributed by atoms with Gasteiger partial charge in [0.25, 0.3) is 5.56 Å². The molecule has 0 saturated heterocycles. The first-order valence-electron chi connectivity index (χ1n) is 2.97. The third kappa shape index (κ3) is 1.44. The molecule has 0 saturated carbocycles. The molecular weight excluding hydrogens is 196 g/mol. The molecule has 3 nitrogen and oxygen atoms in total. The third-order valence-electron chi connectivity index (χ3n) is 1.18. The van der Waals surface area contributed by atoms with Gasteiger partial charge < -0.3 is 4.98 Å². The van der Waals surface area contributed by atoms with Crippen molar-refractivity contribution in [2.45, 2.75) is 13.3 Å². The number of halogens is 1. The van der Waals surface area contributed by atoms with Gasteiger partial charge in [-0.05, 0) is 22.4 Å². The van der Waals surface area contributed by atoms with Crippen molar-refractivity contribution in [3.63, 3.8) is 0 Å². The Hall–Kier alpha value is -0.640. The molecule has 1 heterocycles. The number of H-pyrrole nitrogens is 1. The van der Waals surface area contributed by atoms with E-state index in [1.807, 2.05) is 6.92 Å². The first-order chi connectivity index (χ1) is 4.74. The standard InChI is InChI=1S/C6H7BrN2O/c1-2-4-3-8-5(7)6(10)9-4/h3H,2H2,1H3,(H,9,10). The maximum Gasteiger partial charge on any atom is 0.281 e. The van der Waals surface area contributed by atoms with Crippen LogP contribution in [0, 0.1) is 0 Å². The summed E-state index contributed by atoms with van der Waals surface area (Å²) in [5.74, 6) is 0. The Kier molecular flexibility index (Phi) is 2.21. The molecule has 0 aromatic carbocycles. The van der Waals surface area contributed by atoms with E-state index in [0.29, 0.717) is 4.60 Å². The Morgan fingerprint density at radius 3 is 3.00 bits per heavy atom. The average molecular weight is 203 g/mol. The summed E-state index contributed by atoms with van der Waals surface area (Å²) >= 11 is 3.00. The summed E-state index contributed by atoms with van der Waals surface area (Å²) in [6.07, 6.45) is 2.45. The smallest absolute Gasteiger partial charge is 0.281 e. The lowest BCUT2D eigenvalue weighted by Crippen LogP contribution is -2.10. The van der Waals surface area contributed by atoms with E-state index in [9.17, 15) is 4.79 Å². The second-order valence-electron chi connectivity index (χ2n) is 1.88. The number of aromatic nitrogens is 2. The number of nitrogens with zero attached hydrogens (tertiary/aromatic N) is 1. The Morgan fingerprint density at radius 2 is 2.50 bits per heavy atom. The normalized spacial score (nSPS) is 9.80. The summed E-state index contributed by atoms with van der Waals surface area (Å²) in [6.45, 7) is 1.96. The zero-order valence-corrected chi connectivity index (χ0v) is 7.10. The largest absolute Gasteiger partial charge is 0.322 e. The van der Waals surface area contributed by atoms with Gasteiger partial charge in [0.15, 0.2) is 4.60 Å². The van der Waals surface area contributed by atoms with Gasteiger partial charge in [-0.2, -0.15) is 0 Å². The molecule has 0 atom stereocenters. The molecule has 1 aromatic rings. The Labute approximate surface area is 66.6 Å². The van der Waals surface area contributed by atoms with Crippen LogP contribution in [0.25, 0.3) is 0 Å². The van der Waals surface area contributed by atoms with Crippen LogP contribution in [0.4, 0.5) is 0 Å². The average Bonchev–Trinajstić information content (AvgIpc) is 1.95. The minimum atomic E-state index is -0.167. The molecular formula is C6H7BrN2O. The molecule has 0 spiro atoms. The van der Waals surface area contributed by atoms with Crippen molar-refractivity contribution in [2.24, 2.45) is 0 Å². The first-order valence-corrected chi connectivity index (χ1v) is 3.77. The molecule has 54 valence electrons. The van der Waals surface area contributed by atoms with Gasteiger partial charge in [-0.25, -0.2) is 4.98 Å². The Bertz CT molecular complexity index is 281. The summed E-state index contributed by atoms with van der Waals surface area (Å²) in [5, 5.41) is 0. The van der Waals surface area contributed by atoms with Gasteiger partial charge in [0.2, 0.25) is 0 Å². The van der Waals surface area contributed by atoms with Crippen LogP contribution >= 0.6 is 15.9 Å². The van der Waals surface area contributed by atoms with Crippen LogP contribution in [0.1, 0.15) is 12.6 Å². The van der Waals surface area contributed by atoms with Crippen molar-refractivity contribution >= 4 is 15.9 Å². The molecule has 0 radical (unpaired) electrons. The van der Waals surface area contributed by atoms with E-state index in [4.69, 9.17) is 0 Å². The highest BCUT2D eigenvalue weighted by Gasteiger charge is 1.95. The maximum absolute atomic E-state index is 10.8. The molecule has 0 bridgehead atoms. The van der Waals surface area contributed by atoms with Crippen LogP contribution < -0.4 is 5.56 Å². The predicted molar refractivity (Wildman–Crippen MR) is 41.9 cm³/mol.